The average Bonchev–Trinajstić information content (AvgIpc) is 3.08. The van der Waals surface area contributed by atoms with Crippen molar-refractivity contribution in [2.45, 2.75) is 18.9 Å². The number of aliphatic hydroxyl groups is 1. The molecule has 0 radical (unpaired) electrons. The minimum absolute atomic E-state index is 0.0476. The molecule has 1 aromatic carbocycles. The third-order valence-electron chi connectivity index (χ3n) is 4.37. The molecule has 0 bridgehead atoms. The van der Waals surface area contributed by atoms with Crippen LogP contribution in [0.2, 0.25) is 0 Å². The van der Waals surface area contributed by atoms with E-state index in [0.29, 0.717) is 0 Å². The maximum atomic E-state index is 9.71. The minimum Gasteiger partial charge on any atom is -0.396 e. The molecule has 1 heterocycles. The first kappa shape index (κ1) is 12.6. The molecule has 1 aromatic heterocycles. The van der Waals surface area contributed by atoms with Crippen LogP contribution in [0.5, 0.6) is 0 Å². The summed E-state index contributed by atoms with van der Waals surface area (Å²) in [5.41, 5.74) is 3.48. The van der Waals surface area contributed by atoms with E-state index in [-0.39, 0.29) is 18.1 Å². The number of hydrogen-bond acceptors (Lipinski definition) is 3. The molecule has 0 spiro atoms. The summed E-state index contributed by atoms with van der Waals surface area (Å²) in [6.45, 7) is 0.260. The number of aromatic nitrogens is 2. The van der Waals surface area contributed by atoms with Gasteiger partial charge in [-0.05, 0) is 44.6 Å². The molecular weight excluding hydrogens is 238 g/mol. The highest BCUT2D eigenvalue weighted by Gasteiger charge is 2.50. The second-order valence-electron chi connectivity index (χ2n) is 5.99. The van der Waals surface area contributed by atoms with Crippen LogP contribution in [0.25, 0.3) is 11.0 Å². The summed E-state index contributed by atoms with van der Waals surface area (Å²) < 4.78 is 2.03. The number of aryl methyl sites for hydroxylation is 1. The fourth-order valence-electron chi connectivity index (χ4n) is 3.20. The predicted octanol–water partition coefficient (Wildman–Crippen LogP) is 1.95. The van der Waals surface area contributed by atoms with Crippen molar-refractivity contribution < 1.29 is 5.11 Å². The van der Waals surface area contributed by atoms with Gasteiger partial charge in [-0.25, -0.2) is 4.98 Å². The van der Waals surface area contributed by atoms with E-state index >= 15 is 0 Å². The average molecular weight is 259 g/mol. The molecule has 1 aliphatic rings. The van der Waals surface area contributed by atoms with Gasteiger partial charge in [-0.15, -0.1) is 0 Å². The van der Waals surface area contributed by atoms with Gasteiger partial charge in [0.2, 0.25) is 0 Å². The van der Waals surface area contributed by atoms with Crippen LogP contribution in [0.15, 0.2) is 24.5 Å². The van der Waals surface area contributed by atoms with Crippen molar-refractivity contribution in [3.8, 4) is 0 Å². The number of imidazole rings is 1. The fourth-order valence-corrected chi connectivity index (χ4v) is 3.20. The molecule has 0 amide bonds. The van der Waals surface area contributed by atoms with Crippen LogP contribution >= 0.6 is 0 Å². The Bertz CT molecular complexity index is 598. The number of rotatable bonds is 4. The molecule has 1 saturated carbocycles. The van der Waals surface area contributed by atoms with Crippen LogP contribution in [0.4, 0.5) is 0 Å². The predicted molar refractivity (Wildman–Crippen MR) is 75.9 cm³/mol. The van der Waals surface area contributed by atoms with E-state index in [1.807, 2.05) is 17.9 Å². The Hall–Kier alpha value is -1.39. The van der Waals surface area contributed by atoms with E-state index in [9.17, 15) is 5.11 Å². The molecule has 3 rings (SSSR count). The van der Waals surface area contributed by atoms with Gasteiger partial charge in [-0.2, -0.15) is 0 Å². The Labute approximate surface area is 113 Å². The maximum absolute atomic E-state index is 9.71. The summed E-state index contributed by atoms with van der Waals surface area (Å²) >= 11 is 0. The zero-order chi connectivity index (χ0) is 13.6. The van der Waals surface area contributed by atoms with Gasteiger partial charge in [-0.3, -0.25) is 0 Å². The lowest BCUT2D eigenvalue weighted by atomic mass is 9.89. The molecule has 2 aromatic rings. The zero-order valence-electron chi connectivity index (χ0n) is 11.8. The first-order valence-corrected chi connectivity index (χ1v) is 6.76. The Morgan fingerprint density at radius 1 is 1.42 bits per heavy atom. The van der Waals surface area contributed by atoms with Crippen molar-refractivity contribution in [2.24, 2.45) is 12.5 Å². The summed E-state index contributed by atoms with van der Waals surface area (Å²) in [6, 6.07) is 6.73. The molecule has 0 aliphatic heterocycles. The number of benzene rings is 1. The molecule has 102 valence electrons. The number of hydrogen-bond donors (Lipinski definition) is 1. The SMILES string of the molecule is CN(C)C(c1ccc2c(c1)ncn2C)C1(CO)CC1. The number of fused-ring (bicyclic) bond motifs is 1. The van der Waals surface area contributed by atoms with Crippen molar-refractivity contribution >= 4 is 11.0 Å². The van der Waals surface area contributed by atoms with Crippen molar-refractivity contribution in [1.29, 1.82) is 0 Å². The van der Waals surface area contributed by atoms with E-state index in [1.54, 1.807) is 0 Å². The van der Waals surface area contributed by atoms with Crippen molar-refractivity contribution in [3.05, 3.63) is 30.1 Å². The standard InChI is InChI=1S/C15H21N3O/c1-17(2)14(15(9-19)6-7-15)11-4-5-13-12(8-11)16-10-18(13)3/h4-5,8,10,14,19H,6-7,9H2,1-3H3. The quantitative estimate of drug-likeness (QED) is 0.912. The molecule has 4 nitrogen and oxygen atoms in total. The Morgan fingerprint density at radius 2 is 2.16 bits per heavy atom. The summed E-state index contributed by atoms with van der Waals surface area (Å²) in [5, 5.41) is 9.71. The lowest BCUT2D eigenvalue weighted by Gasteiger charge is -2.32. The second-order valence-corrected chi connectivity index (χ2v) is 5.99. The van der Waals surface area contributed by atoms with E-state index in [0.717, 1.165) is 23.9 Å². The Morgan fingerprint density at radius 3 is 2.74 bits per heavy atom. The third-order valence-corrected chi connectivity index (χ3v) is 4.37. The Kier molecular flexibility index (Phi) is 2.87. The normalized spacial score (nSPS) is 19.0. The lowest BCUT2D eigenvalue weighted by molar-refractivity contribution is 0.116. The summed E-state index contributed by atoms with van der Waals surface area (Å²) in [7, 11) is 6.18. The topological polar surface area (TPSA) is 41.3 Å². The third kappa shape index (κ3) is 1.95. The monoisotopic (exact) mass is 259 g/mol. The lowest BCUT2D eigenvalue weighted by Crippen LogP contribution is -2.30. The van der Waals surface area contributed by atoms with E-state index in [2.05, 4.69) is 42.2 Å². The van der Waals surface area contributed by atoms with Crippen molar-refractivity contribution in [1.82, 2.24) is 14.5 Å². The highest BCUT2D eigenvalue weighted by molar-refractivity contribution is 5.76. The summed E-state index contributed by atoms with van der Waals surface area (Å²) in [6.07, 6.45) is 4.05. The van der Waals surface area contributed by atoms with Gasteiger partial charge >= 0.3 is 0 Å². The van der Waals surface area contributed by atoms with Crippen molar-refractivity contribution in [2.75, 3.05) is 20.7 Å². The van der Waals surface area contributed by atoms with Gasteiger partial charge < -0.3 is 14.6 Å². The number of aliphatic hydroxyl groups excluding tert-OH is 1. The van der Waals surface area contributed by atoms with Crippen LogP contribution in [-0.4, -0.2) is 40.3 Å². The van der Waals surface area contributed by atoms with Gasteiger partial charge in [0.05, 0.1) is 24.0 Å². The van der Waals surface area contributed by atoms with Gasteiger partial charge in [0, 0.05) is 18.5 Å². The van der Waals surface area contributed by atoms with Crippen LogP contribution < -0.4 is 0 Å². The van der Waals surface area contributed by atoms with Gasteiger partial charge in [0.15, 0.2) is 0 Å². The van der Waals surface area contributed by atoms with Gasteiger partial charge in [-0.1, -0.05) is 6.07 Å². The molecule has 1 unspecified atom stereocenters. The zero-order valence-corrected chi connectivity index (χ0v) is 11.8. The molecule has 1 atom stereocenters. The molecule has 19 heavy (non-hydrogen) atoms. The molecule has 1 aliphatic carbocycles. The number of nitrogens with zero attached hydrogens (tertiary/aromatic N) is 3. The molecule has 1 N–H and O–H groups in total. The van der Waals surface area contributed by atoms with E-state index in [1.165, 1.54) is 5.56 Å². The smallest absolute Gasteiger partial charge is 0.0955 e. The largest absolute Gasteiger partial charge is 0.396 e. The van der Waals surface area contributed by atoms with E-state index < -0.39 is 0 Å². The molecule has 0 saturated heterocycles. The van der Waals surface area contributed by atoms with Gasteiger partial charge in [0.25, 0.3) is 0 Å². The van der Waals surface area contributed by atoms with Gasteiger partial charge in [0.1, 0.15) is 0 Å². The molecular formula is C15H21N3O. The molecule has 1 fully saturated rings. The van der Waals surface area contributed by atoms with Crippen molar-refractivity contribution in [3.63, 3.8) is 0 Å². The van der Waals surface area contributed by atoms with E-state index in [4.69, 9.17) is 0 Å². The first-order valence-electron chi connectivity index (χ1n) is 6.76. The summed E-state index contributed by atoms with van der Waals surface area (Å²) in [5.74, 6) is 0. The second kappa shape index (κ2) is 4.32. The first-order chi connectivity index (χ1) is 9.07. The van der Waals surface area contributed by atoms with Crippen LogP contribution in [0.1, 0.15) is 24.4 Å². The van der Waals surface area contributed by atoms with Crippen LogP contribution in [-0.2, 0) is 7.05 Å². The van der Waals surface area contributed by atoms with Crippen LogP contribution in [0, 0.1) is 5.41 Å². The summed E-state index contributed by atoms with van der Waals surface area (Å²) in [4.78, 5) is 6.65. The maximum Gasteiger partial charge on any atom is 0.0955 e. The fraction of sp³-hybridized carbons (Fsp3) is 0.533. The highest BCUT2D eigenvalue weighted by atomic mass is 16.3. The molecule has 4 heteroatoms. The van der Waals surface area contributed by atoms with Crippen LogP contribution in [0.3, 0.4) is 0 Å². The Balaban J connectivity index is 2.05. The minimum atomic E-state index is 0.0476. The highest BCUT2D eigenvalue weighted by Crippen LogP contribution is 2.56.